The summed E-state index contributed by atoms with van der Waals surface area (Å²) >= 11 is 0. The van der Waals surface area contributed by atoms with Gasteiger partial charge in [-0.05, 0) is 5.92 Å². The minimum atomic E-state index is 0.961. The molecule has 0 rings (SSSR count). The summed E-state index contributed by atoms with van der Waals surface area (Å²) in [7, 11) is 1.24. The van der Waals surface area contributed by atoms with Gasteiger partial charge in [0.2, 0.25) is 0 Å². The smallest absolute Gasteiger partial charge is 0.0378 e. The Morgan fingerprint density at radius 2 is 1.77 bits per heavy atom. The normalized spacial score (nSPS) is 13.2. The lowest BCUT2D eigenvalue weighted by atomic mass is 10.1. The van der Waals surface area contributed by atoms with Crippen molar-refractivity contribution in [2.24, 2.45) is 5.92 Å². The van der Waals surface area contributed by atoms with Gasteiger partial charge in [0.05, 0.1) is 0 Å². The Bertz CT molecular complexity index is 91.1. The molecule has 1 heteroatoms. The zero-order valence-corrected chi connectivity index (χ0v) is 10.7. The Kier molecular flexibility index (Phi) is 10.5. The van der Waals surface area contributed by atoms with Crippen LogP contribution in [0.2, 0.25) is 12.1 Å². The molecule has 78 valence electrons. The molecule has 0 N–H and O–H groups in total. The highest BCUT2D eigenvalue weighted by molar-refractivity contribution is 6.35. The summed E-state index contributed by atoms with van der Waals surface area (Å²) in [5, 5.41) is 0. The van der Waals surface area contributed by atoms with Crippen LogP contribution < -0.4 is 0 Å². The fraction of sp³-hybridized carbons (Fsp3) is 1.00. The van der Waals surface area contributed by atoms with E-state index in [1.165, 1.54) is 60.1 Å². The molecule has 13 heavy (non-hydrogen) atoms. The molecule has 0 saturated carbocycles. The number of hydrogen-bond donors (Lipinski definition) is 0. The summed E-state index contributed by atoms with van der Waals surface area (Å²) in [4.78, 5) is 0. The van der Waals surface area contributed by atoms with Crippen LogP contribution in [0.15, 0.2) is 0 Å². The van der Waals surface area contributed by atoms with Crippen LogP contribution in [0.25, 0.3) is 0 Å². The summed E-state index contributed by atoms with van der Waals surface area (Å²) in [5.41, 5.74) is 0. The molecular weight excluding hydrogens is 172 g/mol. The van der Waals surface area contributed by atoms with Gasteiger partial charge in [-0.1, -0.05) is 71.4 Å². The van der Waals surface area contributed by atoms with E-state index >= 15 is 0 Å². The molecule has 0 aliphatic heterocycles. The molecule has 0 spiro atoms. The molecule has 0 nitrogen and oxygen atoms in total. The second kappa shape index (κ2) is 10.3. The Morgan fingerprint density at radius 1 is 1.00 bits per heavy atom. The average Bonchev–Trinajstić information content (AvgIpc) is 2.16. The molecule has 0 aromatic carbocycles. The van der Waals surface area contributed by atoms with Gasteiger partial charge in [-0.2, -0.15) is 0 Å². The van der Waals surface area contributed by atoms with Crippen LogP contribution in [0.3, 0.4) is 0 Å². The fourth-order valence-electron chi connectivity index (χ4n) is 1.35. The van der Waals surface area contributed by atoms with E-state index in [-0.39, 0.29) is 0 Å². The van der Waals surface area contributed by atoms with Crippen molar-refractivity contribution in [3.8, 4) is 0 Å². The molecule has 0 heterocycles. The minimum Gasteiger partial charge on any atom is -0.0654 e. The molecule has 0 aromatic rings. The van der Waals surface area contributed by atoms with Gasteiger partial charge in [-0.25, -0.2) is 0 Å². The van der Waals surface area contributed by atoms with Crippen molar-refractivity contribution in [3.63, 3.8) is 0 Å². The van der Waals surface area contributed by atoms with Crippen molar-refractivity contribution < 1.29 is 0 Å². The molecule has 0 aliphatic carbocycles. The maximum absolute atomic E-state index is 2.38. The molecule has 0 saturated heterocycles. The SMILES string of the molecule is CCCCCC[Si]CC[C@@H](C)CC. The van der Waals surface area contributed by atoms with E-state index < -0.39 is 0 Å². The minimum absolute atomic E-state index is 0.961. The standard InChI is InChI=1S/C12H26Si/c1-4-6-7-8-10-13-11-9-12(3)5-2/h12H,4-11H2,1-3H3/t12-/m0/s1. The predicted molar refractivity (Wildman–Crippen MR) is 63.6 cm³/mol. The van der Waals surface area contributed by atoms with Gasteiger partial charge in [0, 0.05) is 9.52 Å². The van der Waals surface area contributed by atoms with Gasteiger partial charge in [-0.3, -0.25) is 0 Å². The predicted octanol–water partition coefficient (Wildman–Crippen LogP) is 4.54. The van der Waals surface area contributed by atoms with Gasteiger partial charge in [-0.15, -0.1) is 0 Å². The fourth-order valence-corrected chi connectivity index (χ4v) is 2.80. The van der Waals surface area contributed by atoms with Crippen LogP contribution in [-0.4, -0.2) is 9.52 Å². The second-order valence-electron chi connectivity index (χ2n) is 4.11. The van der Waals surface area contributed by atoms with Crippen LogP contribution in [0, 0.1) is 5.92 Å². The quantitative estimate of drug-likeness (QED) is 0.377. The number of rotatable bonds is 9. The highest BCUT2D eigenvalue weighted by atomic mass is 28.2. The number of unbranched alkanes of at least 4 members (excludes halogenated alkanes) is 3. The van der Waals surface area contributed by atoms with Crippen molar-refractivity contribution in [2.75, 3.05) is 0 Å². The Hall–Kier alpha value is 0.217. The molecule has 0 aliphatic rings. The van der Waals surface area contributed by atoms with Gasteiger partial charge in [0.1, 0.15) is 0 Å². The van der Waals surface area contributed by atoms with Gasteiger partial charge in [0.25, 0.3) is 0 Å². The van der Waals surface area contributed by atoms with Crippen molar-refractivity contribution in [1.82, 2.24) is 0 Å². The molecular formula is C12H26Si. The van der Waals surface area contributed by atoms with Crippen LogP contribution in [-0.2, 0) is 0 Å². The third kappa shape index (κ3) is 10.1. The van der Waals surface area contributed by atoms with Crippen molar-refractivity contribution in [2.45, 2.75) is 71.4 Å². The lowest BCUT2D eigenvalue weighted by Crippen LogP contribution is -1.96. The third-order valence-corrected chi connectivity index (χ3v) is 4.07. The zero-order valence-electron chi connectivity index (χ0n) is 9.73. The summed E-state index contributed by atoms with van der Waals surface area (Å²) in [6.07, 6.45) is 8.58. The number of hydrogen-bond acceptors (Lipinski definition) is 0. The van der Waals surface area contributed by atoms with E-state index in [0.717, 1.165) is 5.92 Å². The largest absolute Gasteiger partial charge is 0.0654 e. The first-order valence-corrected chi connectivity index (χ1v) is 7.43. The first-order chi connectivity index (χ1) is 6.31. The maximum Gasteiger partial charge on any atom is 0.0378 e. The van der Waals surface area contributed by atoms with Crippen molar-refractivity contribution in [3.05, 3.63) is 0 Å². The van der Waals surface area contributed by atoms with Crippen molar-refractivity contribution >= 4 is 9.52 Å². The Balaban J connectivity index is 2.91. The Morgan fingerprint density at radius 3 is 2.38 bits per heavy atom. The first kappa shape index (κ1) is 13.2. The summed E-state index contributed by atoms with van der Waals surface area (Å²) in [6, 6.07) is 2.98. The zero-order chi connectivity index (χ0) is 9.94. The van der Waals surface area contributed by atoms with E-state index in [1.807, 2.05) is 0 Å². The molecule has 0 fully saturated rings. The van der Waals surface area contributed by atoms with Crippen LogP contribution in [0.5, 0.6) is 0 Å². The van der Waals surface area contributed by atoms with E-state index in [1.54, 1.807) is 0 Å². The second-order valence-corrected chi connectivity index (χ2v) is 5.61. The summed E-state index contributed by atoms with van der Waals surface area (Å²) < 4.78 is 0. The molecule has 0 bridgehead atoms. The summed E-state index contributed by atoms with van der Waals surface area (Å²) in [6.45, 7) is 6.96. The summed E-state index contributed by atoms with van der Waals surface area (Å²) in [5.74, 6) is 0.961. The highest BCUT2D eigenvalue weighted by Crippen LogP contribution is 2.11. The molecule has 0 amide bonds. The van der Waals surface area contributed by atoms with Crippen LogP contribution >= 0.6 is 0 Å². The topological polar surface area (TPSA) is 0 Å². The lowest BCUT2D eigenvalue weighted by molar-refractivity contribution is 0.542. The van der Waals surface area contributed by atoms with Gasteiger partial charge in [0.15, 0.2) is 0 Å². The van der Waals surface area contributed by atoms with Crippen molar-refractivity contribution in [1.29, 1.82) is 0 Å². The monoisotopic (exact) mass is 198 g/mol. The van der Waals surface area contributed by atoms with Gasteiger partial charge >= 0.3 is 0 Å². The first-order valence-electron chi connectivity index (χ1n) is 6.02. The maximum atomic E-state index is 2.38. The van der Waals surface area contributed by atoms with E-state index in [2.05, 4.69) is 20.8 Å². The lowest BCUT2D eigenvalue weighted by Gasteiger charge is -2.06. The van der Waals surface area contributed by atoms with E-state index in [9.17, 15) is 0 Å². The molecule has 0 unspecified atom stereocenters. The molecule has 0 aromatic heterocycles. The Labute approximate surface area is 87.3 Å². The van der Waals surface area contributed by atoms with E-state index in [0.29, 0.717) is 0 Å². The molecule has 1 atom stereocenters. The van der Waals surface area contributed by atoms with Gasteiger partial charge < -0.3 is 0 Å². The highest BCUT2D eigenvalue weighted by Gasteiger charge is 1.98. The average molecular weight is 198 g/mol. The van der Waals surface area contributed by atoms with Crippen LogP contribution in [0.1, 0.15) is 59.3 Å². The van der Waals surface area contributed by atoms with Crippen LogP contribution in [0.4, 0.5) is 0 Å². The molecule has 2 radical (unpaired) electrons. The van der Waals surface area contributed by atoms with E-state index in [4.69, 9.17) is 0 Å². The third-order valence-electron chi connectivity index (χ3n) is 2.72.